The van der Waals surface area contributed by atoms with E-state index < -0.39 is 0 Å². The Labute approximate surface area is 176 Å². The molecule has 1 aliphatic carbocycles. The van der Waals surface area contributed by atoms with Crippen LogP contribution in [0.1, 0.15) is 22.4 Å². The summed E-state index contributed by atoms with van der Waals surface area (Å²) in [6.45, 7) is 0. The molecule has 8 heteroatoms. The first kappa shape index (κ1) is 18.6. The lowest BCUT2D eigenvalue weighted by Crippen LogP contribution is -2.32. The number of anilines is 2. The topological polar surface area (TPSA) is 75.2 Å². The summed E-state index contributed by atoms with van der Waals surface area (Å²) in [4.78, 5) is 38.0. The van der Waals surface area contributed by atoms with Gasteiger partial charge in [0.15, 0.2) is 5.12 Å². The highest BCUT2D eigenvalue weighted by molar-refractivity contribution is 8.14. The zero-order chi connectivity index (χ0) is 20.1. The standard InChI is InChI=1S/C21H20N4O2S2/c1-25(2)21(27)12-4-6-14-16(7-12)29-20-18(14)19(22-10-23-20)24-13-5-3-11-8-17(26)28-15(11)9-13/h3,5,9-10,12H,4,6-8H2,1-2H3,(H,22,23,24). The van der Waals surface area contributed by atoms with Crippen LogP contribution in [0.4, 0.5) is 11.5 Å². The highest BCUT2D eigenvalue weighted by Crippen LogP contribution is 2.41. The fourth-order valence-corrected chi connectivity index (χ4v) is 6.30. The van der Waals surface area contributed by atoms with Crippen LogP contribution >= 0.6 is 23.1 Å². The Kier molecular flexibility index (Phi) is 4.55. The van der Waals surface area contributed by atoms with Gasteiger partial charge in [0.2, 0.25) is 5.91 Å². The van der Waals surface area contributed by atoms with E-state index >= 15 is 0 Å². The first-order chi connectivity index (χ1) is 14.0. The number of thioether (sulfide) groups is 1. The lowest BCUT2D eigenvalue weighted by molar-refractivity contribution is -0.133. The molecule has 3 aromatic rings. The third-order valence-corrected chi connectivity index (χ3v) is 7.66. The first-order valence-electron chi connectivity index (χ1n) is 9.56. The summed E-state index contributed by atoms with van der Waals surface area (Å²) >= 11 is 2.97. The zero-order valence-corrected chi connectivity index (χ0v) is 17.8. The molecule has 2 aromatic heterocycles. The highest BCUT2D eigenvalue weighted by Gasteiger charge is 2.30. The number of aryl methyl sites for hydroxylation is 1. The second-order valence-electron chi connectivity index (χ2n) is 7.68. The molecule has 0 spiro atoms. The van der Waals surface area contributed by atoms with E-state index in [2.05, 4.69) is 15.3 Å². The number of rotatable bonds is 3. The molecule has 1 amide bonds. The Morgan fingerprint density at radius 1 is 1.28 bits per heavy atom. The van der Waals surface area contributed by atoms with E-state index in [4.69, 9.17) is 0 Å². The van der Waals surface area contributed by atoms with Crippen LogP contribution < -0.4 is 5.32 Å². The smallest absolute Gasteiger partial charge is 0.225 e. The molecule has 0 saturated heterocycles. The first-order valence-corrected chi connectivity index (χ1v) is 11.2. The summed E-state index contributed by atoms with van der Waals surface area (Å²) in [6.07, 6.45) is 4.56. The molecule has 2 aliphatic rings. The number of aromatic nitrogens is 2. The largest absolute Gasteiger partial charge is 0.349 e. The van der Waals surface area contributed by atoms with Gasteiger partial charge in [-0.2, -0.15) is 0 Å². The third-order valence-electron chi connectivity index (χ3n) is 5.52. The molecule has 29 heavy (non-hydrogen) atoms. The Morgan fingerprint density at radius 2 is 2.14 bits per heavy atom. The zero-order valence-electron chi connectivity index (χ0n) is 16.2. The van der Waals surface area contributed by atoms with Gasteiger partial charge in [-0.25, -0.2) is 9.97 Å². The van der Waals surface area contributed by atoms with Gasteiger partial charge < -0.3 is 10.2 Å². The number of hydrogen-bond acceptors (Lipinski definition) is 7. The molecule has 0 fully saturated rings. The van der Waals surface area contributed by atoms with Crippen molar-refractivity contribution in [2.24, 2.45) is 5.92 Å². The van der Waals surface area contributed by atoms with Crippen LogP contribution in [0.15, 0.2) is 29.4 Å². The maximum Gasteiger partial charge on any atom is 0.225 e. The van der Waals surface area contributed by atoms with Crippen LogP contribution in [0, 0.1) is 5.92 Å². The van der Waals surface area contributed by atoms with Gasteiger partial charge in [-0.1, -0.05) is 17.8 Å². The lowest BCUT2D eigenvalue weighted by Gasteiger charge is -2.24. The highest BCUT2D eigenvalue weighted by atomic mass is 32.2. The molecule has 0 radical (unpaired) electrons. The van der Waals surface area contributed by atoms with Gasteiger partial charge in [0.25, 0.3) is 0 Å². The van der Waals surface area contributed by atoms with Gasteiger partial charge in [0, 0.05) is 41.9 Å². The molecular weight excluding hydrogens is 404 g/mol. The van der Waals surface area contributed by atoms with Crippen LogP contribution in [-0.4, -0.2) is 40.0 Å². The van der Waals surface area contributed by atoms with Crippen molar-refractivity contribution in [2.75, 3.05) is 19.4 Å². The molecule has 148 valence electrons. The number of hydrogen-bond donors (Lipinski definition) is 1. The number of carbonyl (C=O) groups excluding carboxylic acids is 2. The molecule has 1 unspecified atom stereocenters. The van der Waals surface area contributed by atoms with Crippen LogP contribution in [-0.2, 0) is 28.9 Å². The SMILES string of the molecule is CN(C)C(=O)C1CCc2c(sc3ncnc(Nc4ccc5c(c4)SC(=O)C5)c23)C1. The Balaban J connectivity index is 1.48. The van der Waals surface area contributed by atoms with Gasteiger partial charge in [-0.3, -0.25) is 9.59 Å². The molecule has 6 nitrogen and oxygen atoms in total. The van der Waals surface area contributed by atoms with E-state index in [9.17, 15) is 9.59 Å². The molecular formula is C21H20N4O2S2. The number of nitrogens with one attached hydrogen (secondary N) is 1. The van der Waals surface area contributed by atoms with Crippen molar-refractivity contribution in [1.82, 2.24) is 14.9 Å². The quantitative estimate of drug-likeness (QED) is 0.689. The summed E-state index contributed by atoms with van der Waals surface area (Å²) in [7, 11) is 3.64. The van der Waals surface area contributed by atoms with E-state index in [1.54, 1.807) is 22.6 Å². The maximum atomic E-state index is 12.4. The van der Waals surface area contributed by atoms with Crippen molar-refractivity contribution in [3.8, 4) is 0 Å². The number of carbonyl (C=O) groups is 2. The minimum Gasteiger partial charge on any atom is -0.349 e. The maximum absolute atomic E-state index is 12.4. The number of benzene rings is 1. The minimum atomic E-state index is 0.0428. The van der Waals surface area contributed by atoms with E-state index in [-0.39, 0.29) is 16.9 Å². The Bertz CT molecular complexity index is 1160. The van der Waals surface area contributed by atoms with Gasteiger partial charge in [0.05, 0.1) is 5.39 Å². The average molecular weight is 425 g/mol. The average Bonchev–Trinajstić information content (AvgIpc) is 3.26. The summed E-state index contributed by atoms with van der Waals surface area (Å²) in [5.74, 6) is 1.03. The number of amides is 1. The molecule has 1 aromatic carbocycles. The van der Waals surface area contributed by atoms with Gasteiger partial charge in [0.1, 0.15) is 17.0 Å². The van der Waals surface area contributed by atoms with Crippen molar-refractivity contribution in [1.29, 1.82) is 0 Å². The normalized spacial score (nSPS) is 17.9. The summed E-state index contributed by atoms with van der Waals surface area (Å²) < 4.78 is 0. The molecule has 3 heterocycles. The van der Waals surface area contributed by atoms with Gasteiger partial charge in [-0.15, -0.1) is 11.3 Å². The van der Waals surface area contributed by atoms with E-state index in [1.807, 2.05) is 32.3 Å². The second kappa shape index (κ2) is 7.11. The predicted molar refractivity (Wildman–Crippen MR) is 116 cm³/mol. The van der Waals surface area contributed by atoms with Crippen molar-refractivity contribution in [2.45, 2.75) is 30.6 Å². The Hall–Kier alpha value is -2.45. The fraction of sp³-hybridized carbons (Fsp3) is 0.333. The van der Waals surface area contributed by atoms with Gasteiger partial charge in [-0.05, 0) is 42.5 Å². The van der Waals surface area contributed by atoms with E-state index in [1.165, 1.54) is 22.2 Å². The molecule has 1 atom stereocenters. The van der Waals surface area contributed by atoms with E-state index in [0.29, 0.717) is 6.42 Å². The third kappa shape index (κ3) is 3.30. The van der Waals surface area contributed by atoms with E-state index in [0.717, 1.165) is 51.4 Å². The predicted octanol–water partition coefficient (Wildman–Crippen LogP) is 3.80. The molecule has 5 rings (SSSR count). The van der Waals surface area contributed by atoms with Crippen LogP contribution in [0.2, 0.25) is 0 Å². The second-order valence-corrected chi connectivity index (χ2v) is 9.86. The lowest BCUT2D eigenvalue weighted by atomic mass is 9.87. The van der Waals surface area contributed by atoms with Crippen molar-refractivity contribution in [3.05, 3.63) is 40.5 Å². The van der Waals surface area contributed by atoms with Gasteiger partial charge >= 0.3 is 0 Å². The molecule has 0 saturated carbocycles. The van der Waals surface area contributed by atoms with Crippen molar-refractivity contribution >= 4 is 55.8 Å². The van der Waals surface area contributed by atoms with Crippen LogP contribution in [0.3, 0.4) is 0 Å². The summed E-state index contributed by atoms with van der Waals surface area (Å²) in [6, 6.07) is 6.02. The monoisotopic (exact) mass is 424 g/mol. The molecule has 0 bridgehead atoms. The minimum absolute atomic E-state index is 0.0428. The fourth-order valence-electron chi connectivity index (χ4n) is 4.11. The number of fused-ring (bicyclic) bond motifs is 4. The van der Waals surface area contributed by atoms with Crippen LogP contribution in [0.25, 0.3) is 10.2 Å². The summed E-state index contributed by atoms with van der Waals surface area (Å²) in [5.41, 5.74) is 3.27. The number of nitrogens with zero attached hydrogens (tertiary/aromatic N) is 3. The molecule has 1 N–H and O–H groups in total. The van der Waals surface area contributed by atoms with Crippen molar-refractivity contribution in [3.63, 3.8) is 0 Å². The Morgan fingerprint density at radius 3 is 2.97 bits per heavy atom. The molecule has 1 aliphatic heterocycles. The van der Waals surface area contributed by atoms with Crippen LogP contribution in [0.5, 0.6) is 0 Å². The number of thiophene rings is 1. The summed E-state index contributed by atoms with van der Waals surface area (Å²) in [5, 5.41) is 4.69. The van der Waals surface area contributed by atoms with Crippen molar-refractivity contribution < 1.29 is 9.59 Å².